The van der Waals surface area contributed by atoms with Crippen LogP contribution in [0.3, 0.4) is 0 Å². The molecule has 1 amide bonds. The standard InChI is InChI=1S/C71H131N2O6P/c1-6-8-10-12-14-16-18-20-22-24-26-28-30-32-33-34-35-36-37-38-39-41-43-45-47-49-51-53-55-57-59-61-63-65-71(75)72-69(68-79-80(76,77)78-67-66-73(3,4)5)70(74)64-62-60-58-56-54-52-50-48-46-44-42-40-31-29-27-25-23-21-19-17-15-13-11-9-7-2/h8,10,14,16,20,22,26,28,32-33,35-36,38-39,69-70,74H,6-7,9,11-13,15,17-19,21,23-25,27,29-31,34,37,40-68H2,1-5H3,(H-,72,75,76,77)/p+1/b10-8-,16-14-,22-20-,28-26-,33-32-,36-35-,39-38-. The van der Waals surface area contributed by atoms with Gasteiger partial charge in [0.05, 0.1) is 39.9 Å². The van der Waals surface area contributed by atoms with Gasteiger partial charge in [0.15, 0.2) is 0 Å². The number of hydrogen-bond acceptors (Lipinski definition) is 5. The van der Waals surface area contributed by atoms with Gasteiger partial charge in [0.25, 0.3) is 0 Å². The van der Waals surface area contributed by atoms with Crippen molar-refractivity contribution >= 4 is 13.7 Å². The predicted octanol–water partition coefficient (Wildman–Crippen LogP) is 21.5. The highest BCUT2D eigenvalue weighted by molar-refractivity contribution is 7.47. The Morgan fingerprint density at radius 1 is 0.438 bits per heavy atom. The zero-order chi connectivity index (χ0) is 58.4. The third kappa shape index (κ3) is 63.3. The van der Waals surface area contributed by atoms with Crippen LogP contribution in [0.1, 0.15) is 309 Å². The van der Waals surface area contributed by atoms with Crippen LogP contribution >= 0.6 is 7.82 Å². The van der Waals surface area contributed by atoms with Crippen LogP contribution in [-0.2, 0) is 18.4 Å². The fraction of sp³-hybridized carbons (Fsp3) is 0.789. The Hall–Kier alpha value is -2.32. The second-order valence-electron chi connectivity index (χ2n) is 24.2. The van der Waals surface area contributed by atoms with Crippen LogP contribution < -0.4 is 5.32 Å². The van der Waals surface area contributed by atoms with Gasteiger partial charge in [-0.05, 0) is 70.6 Å². The van der Waals surface area contributed by atoms with Crippen LogP contribution in [0.2, 0.25) is 0 Å². The molecule has 0 fully saturated rings. The van der Waals surface area contributed by atoms with E-state index >= 15 is 0 Å². The molecule has 0 aromatic rings. The average molecular weight is 1140 g/mol. The van der Waals surface area contributed by atoms with Crippen LogP contribution in [0, 0.1) is 0 Å². The Morgan fingerprint density at radius 2 is 0.750 bits per heavy atom. The van der Waals surface area contributed by atoms with Crippen molar-refractivity contribution in [2.45, 2.75) is 321 Å². The topological polar surface area (TPSA) is 105 Å². The number of likely N-dealkylation sites (N-methyl/N-ethyl adjacent to an activating group) is 1. The van der Waals surface area contributed by atoms with Crippen LogP contribution in [-0.4, -0.2) is 73.4 Å². The summed E-state index contributed by atoms with van der Waals surface area (Å²) in [5.41, 5.74) is 0. The maximum absolute atomic E-state index is 13.1. The summed E-state index contributed by atoms with van der Waals surface area (Å²) in [7, 11) is 1.61. The van der Waals surface area contributed by atoms with E-state index in [4.69, 9.17) is 9.05 Å². The zero-order valence-corrected chi connectivity index (χ0v) is 54.2. The van der Waals surface area contributed by atoms with E-state index < -0.39 is 20.0 Å². The third-order valence-corrected chi connectivity index (χ3v) is 16.1. The van der Waals surface area contributed by atoms with Gasteiger partial charge in [0.1, 0.15) is 13.2 Å². The van der Waals surface area contributed by atoms with E-state index in [1.54, 1.807) is 0 Å². The highest BCUT2D eigenvalue weighted by atomic mass is 31.2. The first-order valence-corrected chi connectivity index (χ1v) is 35.4. The number of phosphoric acid groups is 1. The molecule has 0 spiro atoms. The number of aliphatic hydroxyl groups excluding tert-OH is 1. The normalized spacial score (nSPS) is 14.2. The number of carbonyl (C=O) groups is 1. The fourth-order valence-electron chi connectivity index (χ4n) is 9.91. The van der Waals surface area contributed by atoms with E-state index in [0.29, 0.717) is 23.9 Å². The summed E-state index contributed by atoms with van der Waals surface area (Å²) in [6, 6.07) is -0.769. The van der Waals surface area contributed by atoms with Gasteiger partial charge in [-0.15, -0.1) is 0 Å². The number of rotatable bonds is 62. The highest BCUT2D eigenvalue weighted by Crippen LogP contribution is 2.43. The molecular formula is C71H132N2O6P+. The molecule has 0 aromatic heterocycles. The van der Waals surface area contributed by atoms with E-state index in [-0.39, 0.29) is 19.1 Å². The van der Waals surface area contributed by atoms with Crippen molar-refractivity contribution in [2.75, 3.05) is 40.9 Å². The van der Waals surface area contributed by atoms with Gasteiger partial charge in [-0.2, -0.15) is 0 Å². The second kappa shape index (κ2) is 61.2. The molecule has 3 N–H and O–H groups in total. The molecular weight excluding hydrogens is 1010 g/mol. The smallest absolute Gasteiger partial charge is 0.391 e. The van der Waals surface area contributed by atoms with Crippen molar-refractivity contribution in [1.29, 1.82) is 0 Å². The number of nitrogens with one attached hydrogen (secondary N) is 1. The first kappa shape index (κ1) is 77.7. The summed E-state index contributed by atoms with van der Waals surface area (Å²) in [6.45, 7) is 4.80. The quantitative estimate of drug-likeness (QED) is 0.0243. The molecule has 0 aliphatic rings. The molecule has 466 valence electrons. The lowest BCUT2D eigenvalue weighted by molar-refractivity contribution is -0.870. The second-order valence-corrected chi connectivity index (χ2v) is 25.6. The first-order chi connectivity index (χ1) is 39.0. The van der Waals surface area contributed by atoms with Crippen molar-refractivity contribution in [3.8, 4) is 0 Å². The van der Waals surface area contributed by atoms with Gasteiger partial charge in [-0.1, -0.05) is 317 Å². The summed E-state index contributed by atoms with van der Waals surface area (Å²) in [4.78, 5) is 23.5. The van der Waals surface area contributed by atoms with Gasteiger partial charge in [0, 0.05) is 6.42 Å². The lowest BCUT2D eigenvalue weighted by Gasteiger charge is -2.26. The highest BCUT2D eigenvalue weighted by Gasteiger charge is 2.28. The van der Waals surface area contributed by atoms with E-state index in [9.17, 15) is 19.4 Å². The molecule has 80 heavy (non-hydrogen) atoms. The summed E-state index contributed by atoms with van der Waals surface area (Å²) in [5, 5.41) is 14.1. The van der Waals surface area contributed by atoms with Crippen molar-refractivity contribution in [3.63, 3.8) is 0 Å². The van der Waals surface area contributed by atoms with Crippen molar-refractivity contribution < 1.29 is 32.9 Å². The molecule has 0 rings (SSSR count). The molecule has 9 heteroatoms. The molecule has 0 aliphatic heterocycles. The van der Waals surface area contributed by atoms with Gasteiger partial charge in [0.2, 0.25) is 5.91 Å². The van der Waals surface area contributed by atoms with Crippen molar-refractivity contribution in [2.24, 2.45) is 0 Å². The Kier molecular flexibility index (Phi) is 59.5. The van der Waals surface area contributed by atoms with Crippen LogP contribution in [0.5, 0.6) is 0 Å². The minimum absolute atomic E-state index is 0.0716. The Labute approximate surface area is 497 Å². The predicted molar refractivity (Wildman–Crippen MR) is 350 cm³/mol. The maximum Gasteiger partial charge on any atom is 0.472 e. The molecule has 3 unspecified atom stereocenters. The largest absolute Gasteiger partial charge is 0.472 e. The third-order valence-electron chi connectivity index (χ3n) is 15.2. The molecule has 0 saturated carbocycles. The average Bonchev–Trinajstić information content (AvgIpc) is 3.42. The molecule has 0 bridgehead atoms. The molecule has 0 saturated heterocycles. The number of phosphoric ester groups is 1. The number of hydrogen-bond donors (Lipinski definition) is 3. The number of allylic oxidation sites excluding steroid dienone is 14. The van der Waals surface area contributed by atoms with Crippen LogP contribution in [0.4, 0.5) is 0 Å². The molecule has 0 aliphatic carbocycles. The lowest BCUT2D eigenvalue weighted by atomic mass is 10.0. The lowest BCUT2D eigenvalue weighted by Crippen LogP contribution is -2.46. The minimum atomic E-state index is -4.33. The number of nitrogens with zero attached hydrogens (tertiary/aromatic N) is 1. The monoisotopic (exact) mass is 1140 g/mol. The number of amides is 1. The first-order valence-electron chi connectivity index (χ1n) is 34.0. The number of unbranched alkanes of at least 4 members (excludes halogenated alkanes) is 35. The molecule has 8 nitrogen and oxygen atoms in total. The minimum Gasteiger partial charge on any atom is -0.391 e. The molecule has 3 atom stereocenters. The van der Waals surface area contributed by atoms with E-state index in [2.05, 4.69) is 104 Å². The summed E-state index contributed by atoms with van der Waals surface area (Å²) in [5.74, 6) is -0.147. The van der Waals surface area contributed by atoms with E-state index in [1.165, 1.54) is 199 Å². The molecule has 0 radical (unpaired) electrons. The maximum atomic E-state index is 13.1. The van der Waals surface area contributed by atoms with E-state index in [0.717, 1.165) is 83.5 Å². The Balaban J connectivity index is 4.09. The van der Waals surface area contributed by atoms with Gasteiger partial charge in [-0.3, -0.25) is 13.8 Å². The Morgan fingerprint density at radius 3 is 1.10 bits per heavy atom. The zero-order valence-electron chi connectivity index (χ0n) is 53.3. The van der Waals surface area contributed by atoms with Gasteiger partial charge >= 0.3 is 7.82 Å². The summed E-state index contributed by atoms with van der Waals surface area (Å²) >= 11 is 0. The molecule has 0 heterocycles. The fourth-order valence-corrected chi connectivity index (χ4v) is 10.6. The van der Waals surface area contributed by atoms with Crippen molar-refractivity contribution in [3.05, 3.63) is 85.1 Å². The Bertz CT molecular complexity index is 1580. The van der Waals surface area contributed by atoms with Crippen LogP contribution in [0.25, 0.3) is 0 Å². The number of aliphatic hydroxyl groups is 1. The van der Waals surface area contributed by atoms with Crippen LogP contribution in [0.15, 0.2) is 85.1 Å². The number of quaternary nitrogens is 1. The summed E-state index contributed by atoms with van der Waals surface area (Å²) in [6.07, 6.45) is 86.7. The molecule has 0 aromatic carbocycles. The van der Waals surface area contributed by atoms with Crippen molar-refractivity contribution in [1.82, 2.24) is 5.32 Å². The van der Waals surface area contributed by atoms with Gasteiger partial charge in [-0.25, -0.2) is 4.57 Å². The van der Waals surface area contributed by atoms with Gasteiger partial charge < -0.3 is 19.8 Å². The van der Waals surface area contributed by atoms with E-state index in [1.807, 2.05) is 21.1 Å². The SMILES string of the molecule is CC/C=C\C/C=C\C/C=C\C/C=C\C/C=C\C/C=C\C/C=C\CCCCCCCCCCCCCC(=O)NC(COP(=O)(O)OCC[N+](C)(C)C)C(O)CCCCCCCCCCCCCCCCCCCCCCCCCCC. The number of carbonyl (C=O) groups excluding carboxylic acids is 1. The summed E-state index contributed by atoms with van der Waals surface area (Å²) < 4.78 is 23.9.